The van der Waals surface area contributed by atoms with Crippen LogP contribution in [-0.2, 0) is 0 Å². The topological polar surface area (TPSA) is 98.3 Å². The number of fused-ring (bicyclic) bond motifs is 1. The number of non-ortho nitro benzene ring substituents is 1. The van der Waals surface area contributed by atoms with Crippen molar-refractivity contribution in [1.29, 1.82) is 0 Å². The van der Waals surface area contributed by atoms with Crippen LogP contribution in [0.2, 0.25) is 5.02 Å². The number of nitrogens with zero attached hydrogens (tertiary/aromatic N) is 2. The Morgan fingerprint density at radius 3 is 2.89 bits per heavy atom. The highest BCUT2D eigenvalue weighted by atomic mass is 35.5. The molecule has 0 atom stereocenters. The van der Waals surface area contributed by atoms with Crippen LogP contribution in [0.1, 0.15) is 10.6 Å². The molecule has 0 fully saturated rings. The summed E-state index contributed by atoms with van der Waals surface area (Å²) in [5.41, 5.74) is 1.67. The van der Waals surface area contributed by atoms with E-state index in [1.807, 2.05) is 0 Å². The summed E-state index contributed by atoms with van der Waals surface area (Å²) >= 11 is 7.15. The molecule has 0 aliphatic carbocycles. The van der Waals surface area contributed by atoms with Crippen LogP contribution in [-0.4, -0.2) is 15.8 Å². The minimum absolute atomic E-state index is 0.0213. The van der Waals surface area contributed by atoms with Crippen molar-refractivity contribution in [1.82, 2.24) is 4.98 Å². The number of nitro benzene ring substituents is 1. The van der Waals surface area contributed by atoms with Crippen molar-refractivity contribution in [2.24, 2.45) is 0 Å². The zero-order valence-electron chi connectivity index (χ0n) is 13.5. The number of amides is 1. The van der Waals surface area contributed by atoms with E-state index in [0.29, 0.717) is 27.0 Å². The van der Waals surface area contributed by atoms with Gasteiger partial charge in [-0.3, -0.25) is 20.2 Å². The van der Waals surface area contributed by atoms with Crippen LogP contribution in [0.25, 0.3) is 22.2 Å². The van der Waals surface area contributed by atoms with E-state index in [-0.39, 0.29) is 11.4 Å². The molecule has 7 nitrogen and oxygen atoms in total. The molecule has 0 saturated heterocycles. The van der Waals surface area contributed by atoms with Crippen LogP contribution in [0.3, 0.4) is 0 Å². The predicted molar refractivity (Wildman–Crippen MR) is 103 cm³/mol. The van der Waals surface area contributed by atoms with E-state index < -0.39 is 10.8 Å². The Balaban J connectivity index is 1.55. The highest BCUT2D eigenvalue weighted by Gasteiger charge is 2.15. The first-order valence-corrected chi connectivity index (χ1v) is 8.96. The normalized spacial score (nSPS) is 10.9. The number of aromatic nitrogens is 1. The number of hydrogen-bond donors (Lipinski definition) is 1. The van der Waals surface area contributed by atoms with Crippen LogP contribution >= 0.6 is 22.9 Å². The van der Waals surface area contributed by atoms with Crippen molar-refractivity contribution < 1.29 is 14.1 Å². The van der Waals surface area contributed by atoms with Gasteiger partial charge < -0.3 is 4.42 Å². The summed E-state index contributed by atoms with van der Waals surface area (Å²) in [6.45, 7) is 0. The molecule has 0 saturated carbocycles. The van der Waals surface area contributed by atoms with Gasteiger partial charge in [0.05, 0.1) is 10.6 Å². The number of thiazole rings is 1. The summed E-state index contributed by atoms with van der Waals surface area (Å²) in [5, 5.41) is 16.9. The predicted octanol–water partition coefficient (Wildman–Crippen LogP) is 5.37. The van der Waals surface area contributed by atoms with Crippen molar-refractivity contribution >= 4 is 50.6 Å². The fourth-order valence-corrected chi connectivity index (χ4v) is 3.42. The summed E-state index contributed by atoms with van der Waals surface area (Å²) in [6, 6.07) is 12.8. The molecule has 0 aliphatic heterocycles. The quantitative estimate of drug-likeness (QED) is 0.367. The SMILES string of the molecule is O=C(Nc1nc(-c2cccc([N+](=O)[O-])c2)cs1)c1cc2cc(Cl)ccc2o1. The second-order valence-corrected chi connectivity index (χ2v) is 6.89. The van der Waals surface area contributed by atoms with Gasteiger partial charge in [-0.05, 0) is 24.3 Å². The number of nitro groups is 1. The third-order valence-electron chi connectivity index (χ3n) is 3.78. The van der Waals surface area contributed by atoms with Gasteiger partial charge in [-0.15, -0.1) is 11.3 Å². The fraction of sp³-hybridized carbons (Fsp3) is 0. The van der Waals surface area contributed by atoms with E-state index in [1.165, 1.54) is 23.5 Å². The van der Waals surface area contributed by atoms with Gasteiger partial charge in [0, 0.05) is 33.5 Å². The molecule has 4 aromatic rings. The minimum atomic E-state index is -0.466. The molecule has 0 bridgehead atoms. The van der Waals surface area contributed by atoms with Crippen LogP contribution in [0.5, 0.6) is 0 Å². The van der Waals surface area contributed by atoms with E-state index >= 15 is 0 Å². The smallest absolute Gasteiger partial charge is 0.293 e. The lowest BCUT2D eigenvalue weighted by atomic mass is 10.1. The molecule has 27 heavy (non-hydrogen) atoms. The van der Waals surface area contributed by atoms with E-state index in [9.17, 15) is 14.9 Å². The number of furan rings is 1. The van der Waals surface area contributed by atoms with Gasteiger partial charge in [-0.25, -0.2) is 4.98 Å². The second-order valence-electron chi connectivity index (χ2n) is 5.59. The molecule has 0 unspecified atom stereocenters. The number of carbonyl (C=O) groups is 1. The molecular formula is C18H10ClN3O4S. The van der Waals surface area contributed by atoms with Gasteiger partial charge in [-0.2, -0.15) is 0 Å². The Morgan fingerprint density at radius 2 is 2.07 bits per heavy atom. The molecule has 2 aromatic heterocycles. The summed E-state index contributed by atoms with van der Waals surface area (Å²) in [4.78, 5) is 27.1. The Bertz CT molecular complexity index is 1180. The summed E-state index contributed by atoms with van der Waals surface area (Å²) in [6.07, 6.45) is 0. The number of halogens is 1. The van der Waals surface area contributed by atoms with Gasteiger partial charge in [0.15, 0.2) is 10.9 Å². The summed E-state index contributed by atoms with van der Waals surface area (Å²) in [7, 11) is 0. The Morgan fingerprint density at radius 1 is 1.22 bits per heavy atom. The van der Waals surface area contributed by atoms with Crippen LogP contribution in [0.4, 0.5) is 10.8 Å². The molecule has 0 spiro atoms. The van der Waals surface area contributed by atoms with Gasteiger partial charge in [0.2, 0.25) is 0 Å². The lowest BCUT2D eigenvalue weighted by molar-refractivity contribution is -0.384. The maximum absolute atomic E-state index is 12.4. The number of benzene rings is 2. The van der Waals surface area contributed by atoms with Crippen LogP contribution in [0.15, 0.2) is 58.3 Å². The summed E-state index contributed by atoms with van der Waals surface area (Å²) in [5.74, 6) is -0.304. The maximum atomic E-state index is 12.4. The van der Waals surface area contributed by atoms with E-state index in [4.69, 9.17) is 16.0 Å². The molecule has 9 heteroatoms. The highest BCUT2D eigenvalue weighted by Crippen LogP contribution is 2.28. The Kier molecular flexibility index (Phi) is 4.35. The lowest BCUT2D eigenvalue weighted by Crippen LogP contribution is -2.10. The third kappa shape index (κ3) is 3.53. The van der Waals surface area contributed by atoms with Crippen LogP contribution in [0, 0.1) is 10.1 Å². The van der Waals surface area contributed by atoms with Crippen LogP contribution < -0.4 is 5.32 Å². The zero-order valence-corrected chi connectivity index (χ0v) is 15.1. The standard InChI is InChI=1S/C18H10ClN3O4S/c19-12-4-5-15-11(6-12)8-16(26-15)17(23)21-18-20-14(9-27-18)10-2-1-3-13(7-10)22(24)25/h1-9H,(H,20,21,23). The van der Waals surface area contributed by atoms with Crippen molar-refractivity contribution in [3.63, 3.8) is 0 Å². The lowest BCUT2D eigenvalue weighted by Gasteiger charge is -1.98. The number of rotatable bonds is 4. The van der Waals surface area contributed by atoms with E-state index in [2.05, 4.69) is 10.3 Å². The maximum Gasteiger partial charge on any atom is 0.293 e. The number of hydrogen-bond acceptors (Lipinski definition) is 6. The largest absolute Gasteiger partial charge is 0.451 e. The van der Waals surface area contributed by atoms with Crippen molar-refractivity contribution in [2.75, 3.05) is 5.32 Å². The third-order valence-corrected chi connectivity index (χ3v) is 4.77. The van der Waals surface area contributed by atoms with Gasteiger partial charge in [-0.1, -0.05) is 23.7 Å². The molecule has 134 valence electrons. The Hall–Kier alpha value is -3.23. The number of nitrogens with one attached hydrogen (secondary N) is 1. The number of anilines is 1. The monoisotopic (exact) mass is 399 g/mol. The van der Waals surface area contributed by atoms with Gasteiger partial charge in [0.1, 0.15) is 5.58 Å². The molecule has 1 amide bonds. The van der Waals surface area contributed by atoms with Crippen molar-refractivity contribution in [2.45, 2.75) is 0 Å². The molecular weight excluding hydrogens is 390 g/mol. The van der Waals surface area contributed by atoms with E-state index in [1.54, 1.807) is 41.8 Å². The first-order chi connectivity index (χ1) is 13.0. The molecule has 1 N–H and O–H groups in total. The van der Waals surface area contributed by atoms with E-state index in [0.717, 1.165) is 5.39 Å². The molecule has 4 rings (SSSR count). The number of carbonyl (C=O) groups excluding carboxylic acids is 1. The van der Waals surface area contributed by atoms with Crippen molar-refractivity contribution in [3.05, 3.63) is 74.8 Å². The first kappa shape index (κ1) is 17.2. The Labute approximate surface area is 161 Å². The second kappa shape index (κ2) is 6.82. The molecule has 0 radical (unpaired) electrons. The van der Waals surface area contributed by atoms with Gasteiger partial charge in [0.25, 0.3) is 11.6 Å². The minimum Gasteiger partial charge on any atom is -0.451 e. The molecule has 0 aliphatic rings. The first-order valence-electron chi connectivity index (χ1n) is 7.70. The summed E-state index contributed by atoms with van der Waals surface area (Å²) < 4.78 is 5.52. The molecule has 2 aromatic carbocycles. The van der Waals surface area contributed by atoms with Crippen molar-refractivity contribution in [3.8, 4) is 11.3 Å². The average Bonchev–Trinajstić information content (AvgIpc) is 3.28. The van der Waals surface area contributed by atoms with Gasteiger partial charge >= 0.3 is 0 Å². The zero-order chi connectivity index (χ0) is 19.0. The molecule has 2 heterocycles. The fourth-order valence-electron chi connectivity index (χ4n) is 2.53. The highest BCUT2D eigenvalue weighted by molar-refractivity contribution is 7.14. The average molecular weight is 400 g/mol.